The lowest BCUT2D eigenvalue weighted by Gasteiger charge is -2.15. The predicted octanol–water partition coefficient (Wildman–Crippen LogP) is 1.79. The van der Waals surface area contributed by atoms with E-state index in [-0.39, 0.29) is 6.42 Å². The minimum absolute atomic E-state index is 0.0106. The van der Waals surface area contributed by atoms with Crippen molar-refractivity contribution in [3.05, 3.63) is 0 Å². The van der Waals surface area contributed by atoms with Gasteiger partial charge in [0, 0.05) is 0 Å². The van der Waals surface area contributed by atoms with Crippen LogP contribution in [-0.2, 0) is 14.6 Å². The van der Waals surface area contributed by atoms with E-state index in [2.05, 4.69) is 0 Å². The van der Waals surface area contributed by atoms with Gasteiger partial charge in [-0.15, -0.1) is 0 Å². The maximum absolute atomic E-state index is 12.0. The third-order valence-electron chi connectivity index (χ3n) is 2.49. The first-order chi connectivity index (χ1) is 8.10. The van der Waals surface area contributed by atoms with E-state index in [4.69, 9.17) is 5.73 Å². The number of amides is 1. The van der Waals surface area contributed by atoms with Gasteiger partial charge in [-0.2, -0.15) is 13.2 Å². The zero-order valence-corrected chi connectivity index (χ0v) is 11.0. The van der Waals surface area contributed by atoms with Crippen LogP contribution in [-0.4, -0.2) is 31.5 Å². The summed E-state index contributed by atoms with van der Waals surface area (Å²) in [6.07, 6.45) is -4.04. The summed E-state index contributed by atoms with van der Waals surface area (Å²) in [5, 5.41) is -1.51. The van der Waals surface area contributed by atoms with Crippen molar-refractivity contribution in [1.29, 1.82) is 0 Å². The summed E-state index contributed by atoms with van der Waals surface area (Å²) in [6.45, 7) is 1.89. The van der Waals surface area contributed by atoms with Gasteiger partial charge in [-0.05, 0) is 6.42 Å². The summed E-state index contributed by atoms with van der Waals surface area (Å²) < 4.78 is 59.2. The summed E-state index contributed by atoms with van der Waals surface area (Å²) in [4.78, 5) is 11.0. The molecule has 0 spiro atoms. The van der Waals surface area contributed by atoms with Crippen LogP contribution in [0.25, 0.3) is 0 Å². The molecule has 2 N–H and O–H groups in total. The van der Waals surface area contributed by atoms with Crippen LogP contribution in [0, 0.1) is 0 Å². The molecule has 1 atom stereocenters. The van der Waals surface area contributed by atoms with Gasteiger partial charge in [-0.3, -0.25) is 4.79 Å². The van der Waals surface area contributed by atoms with Crippen LogP contribution in [0.2, 0.25) is 0 Å². The first-order valence-electron chi connectivity index (χ1n) is 5.68. The first-order valence-corrected chi connectivity index (χ1v) is 7.39. The molecule has 0 aromatic heterocycles. The van der Waals surface area contributed by atoms with Crippen LogP contribution >= 0.6 is 0 Å². The quantitative estimate of drug-likeness (QED) is 0.692. The lowest BCUT2D eigenvalue weighted by atomic mass is 10.1. The van der Waals surface area contributed by atoms with Crippen LogP contribution in [0.5, 0.6) is 0 Å². The fourth-order valence-electron chi connectivity index (χ4n) is 1.48. The molecule has 0 aliphatic heterocycles. The van der Waals surface area contributed by atoms with Crippen LogP contribution < -0.4 is 5.73 Å². The second-order valence-corrected chi connectivity index (χ2v) is 6.42. The molecule has 108 valence electrons. The number of alkyl halides is 3. The van der Waals surface area contributed by atoms with Gasteiger partial charge >= 0.3 is 6.18 Å². The summed E-state index contributed by atoms with van der Waals surface area (Å²) in [5.74, 6) is -2.16. The second kappa shape index (κ2) is 6.96. The Kier molecular flexibility index (Phi) is 6.66. The fraction of sp³-hybridized carbons (Fsp3) is 0.900. The average Bonchev–Trinajstić information content (AvgIpc) is 2.20. The van der Waals surface area contributed by atoms with Gasteiger partial charge in [0.1, 0.15) is 5.25 Å². The topological polar surface area (TPSA) is 77.2 Å². The Bertz CT molecular complexity index is 365. The maximum Gasteiger partial charge on any atom is 0.390 e. The van der Waals surface area contributed by atoms with E-state index < -0.39 is 39.3 Å². The van der Waals surface area contributed by atoms with Crippen molar-refractivity contribution in [2.45, 2.75) is 50.5 Å². The number of hydrogen-bond donors (Lipinski definition) is 1. The van der Waals surface area contributed by atoms with Crippen molar-refractivity contribution in [1.82, 2.24) is 0 Å². The maximum atomic E-state index is 12.0. The Morgan fingerprint density at radius 1 is 1.28 bits per heavy atom. The molecular formula is C10H18F3NO3S. The second-order valence-electron chi connectivity index (χ2n) is 4.12. The molecule has 18 heavy (non-hydrogen) atoms. The number of carbonyl (C=O) groups excluding carboxylic acids is 1. The molecule has 0 heterocycles. The van der Waals surface area contributed by atoms with Gasteiger partial charge in [0.05, 0.1) is 12.2 Å². The molecule has 0 aromatic rings. The lowest BCUT2D eigenvalue weighted by molar-refractivity contribution is -0.130. The highest BCUT2D eigenvalue weighted by molar-refractivity contribution is 7.92. The van der Waals surface area contributed by atoms with E-state index in [0.29, 0.717) is 12.8 Å². The molecule has 0 bridgehead atoms. The fourth-order valence-corrected chi connectivity index (χ4v) is 3.16. The molecule has 0 rings (SSSR count). The molecular weight excluding hydrogens is 271 g/mol. The summed E-state index contributed by atoms with van der Waals surface area (Å²) >= 11 is 0. The standard InChI is InChI=1S/C10H18F3NO3S/c1-2-3-4-5-8(9(14)15)18(16,17)7-6-10(11,12)13/h8H,2-7H2,1H3,(H2,14,15). The van der Waals surface area contributed by atoms with Gasteiger partial charge in [0.2, 0.25) is 5.91 Å². The third kappa shape index (κ3) is 6.83. The van der Waals surface area contributed by atoms with E-state index in [0.717, 1.165) is 6.42 Å². The van der Waals surface area contributed by atoms with Crippen molar-refractivity contribution in [2.75, 3.05) is 5.75 Å². The third-order valence-corrected chi connectivity index (χ3v) is 4.60. The van der Waals surface area contributed by atoms with Gasteiger partial charge in [-0.1, -0.05) is 26.2 Å². The normalized spacial score (nSPS) is 14.4. The van der Waals surface area contributed by atoms with E-state index in [1.165, 1.54) is 0 Å². The Morgan fingerprint density at radius 3 is 2.22 bits per heavy atom. The van der Waals surface area contributed by atoms with Crippen LogP contribution in [0.4, 0.5) is 13.2 Å². The minimum Gasteiger partial charge on any atom is -0.369 e. The van der Waals surface area contributed by atoms with Gasteiger partial charge in [-0.25, -0.2) is 8.42 Å². The van der Waals surface area contributed by atoms with Crippen molar-refractivity contribution >= 4 is 15.7 Å². The number of nitrogens with two attached hydrogens (primary N) is 1. The predicted molar refractivity (Wildman–Crippen MR) is 61.6 cm³/mol. The van der Waals surface area contributed by atoms with Crippen LogP contribution in [0.1, 0.15) is 39.0 Å². The minimum atomic E-state index is -4.56. The number of carbonyl (C=O) groups is 1. The molecule has 0 aromatic carbocycles. The number of hydrogen-bond acceptors (Lipinski definition) is 3. The molecule has 0 aliphatic carbocycles. The molecule has 0 saturated carbocycles. The average molecular weight is 289 g/mol. The van der Waals surface area contributed by atoms with Crippen molar-refractivity contribution < 1.29 is 26.4 Å². The van der Waals surface area contributed by atoms with E-state index in [9.17, 15) is 26.4 Å². The molecule has 1 amide bonds. The Balaban J connectivity index is 4.62. The highest BCUT2D eigenvalue weighted by Gasteiger charge is 2.35. The van der Waals surface area contributed by atoms with E-state index in [1.807, 2.05) is 6.92 Å². The van der Waals surface area contributed by atoms with Gasteiger partial charge in [0.25, 0.3) is 0 Å². The molecule has 1 unspecified atom stereocenters. The monoisotopic (exact) mass is 289 g/mol. The van der Waals surface area contributed by atoms with Gasteiger partial charge < -0.3 is 5.73 Å². The highest BCUT2D eigenvalue weighted by atomic mass is 32.2. The number of primary amides is 1. The van der Waals surface area contributed by atoms with E-state index in [1.54, 1.807) is 0 Å². The first kappa shape index (κ1) is 17.2. The summed E-state index contributed by atoms with van der Waals surface area (Å²) in [6, 6.07) is 0. The van der Waals surface area contributed by atoms with Crippen LogP contribution in [0.15, 0.2) is 0 Å². The zero-order valence-electron chi connectivity index (χ0n) is 10.2. The molecule has 0 saturated heterocycles. The smallest absolute Gasteiger partial charge is 0.369 e. The molecule has 8 heteroatoms. The lowest BCUT2D eigenvalue weighted by Crippen LogP contribution is -2.38. The number of unbranched alkanes of at least 4 members (excludes halogenated alkanes) is 2. The SMILES string of the molecule is CCCCCC(C(N)=O)S(=O)(=O)CCC(F)(F)F. The molecule has 0 aliphatic rings. The molecule has 0 fully saturated rings. The highest BCUT2D eigenvalue weighted by Crippen LogP contribution is 2.22. The summed E-state index contributed by atoms with van der Waals surface area (Å²) in [5.41, 5.74) is 4.95. The Labute approximate surface area is 105 Å². The Morgan fingerprint density at radius 2 is 1.83 bits per heavy atom. The molecule has 4 nitrogen and oxygen atoms in total. The number of sulfone groups is 1. The largest absolute Gasteiger partial charge is 0.390 e. The number of halogens is 3. The van der Waals surface area contributed by atoms with Gasteiger partial charge in [0.15, 0.2) is 9.84 Å². The summed E-state index contributed by atoms with van der Waals surface area (Å²) in [7, 11) is -4.13. The molecule has 0 radical (unpaired) electrons. The number of rotatable bonds is 8. The van der Waals surface area contributed by atoms with Crippen molar-refractivity contribution in [3.8, 4) is 0 Å². The van der Waals surface area contributed by atoms with Crippen LogP contribution in [0.3, 0.4) is 0 Å². The van der Waals surface area contributed by atoms with Crippen molar-refractivity contribution in [2.24, 2.45) is 5.73 Å². The zero-order chi connectivity index (χ0) is 14.4. The Hall–Kier alpha value is -0.790. The van der Waals surface area contributed by atoms with E-state index >= 15 is 0 Å². The van der Waals surface area contributed by atoms with Crippen molar-refractivity contribution in [3.63, 3.8) is 0 Å².